The fraction of sp³-hybridized carbons (Fsp3) is 0.500. The van der Waals surface area contributed by atoms with Gasteiger partial charge >= 0.3 is 0 Å². The van der Waals surface area contributed by atoms with E-state index in [1.165, 1.54) is 35.6 Å². The minimum Gasteiger partial charge on any atom is -0.106 e. The fourth-order valence-corrected chi connectivity index (χ4v) is 3.26. The van der Waals surface area contributed by atoms with Gasteiger partial charge in [-0.25, -0.2) is 0 Å². The molecule has 0 heteroatoms. The molecule has 0 fully saturated rings. The average Bonchev–Trinajstić information content (AvgIpc) is 3.12. The Bertz CT molecular complexity index is 1010. The lowest BCUT2D eigenvalue weighted by Crippen LogP contribution is -1.87. The third-order valence-electron chi connectivity index (χ3n) is 4.74. The largest absolute Gasteiger partial charge is 0.106 e. The molecule has 0 heterocycles. The molecule has 0 bridgehead atoms. The van der Waals surface area contributed by atoms with Gasteiger partial charge in [0.1, 0.15) is 0 Å². The highest BCUT2D eigenvalue weighted by molar-refractivity contribution is 5.96. The molecular weight excluding hydrogens is 577 g/mol. The van der Waals surface area contributed by atoms with Crippen LogP contribution in [0.5, 0.6) is 0 Å². The summed E-state index contributed by atoms with van der Waals surface area (Å²) in [6, 6.07) is 21.4. The predicted molar refractivity (Wildman–Crippen MR) is 236 cm³/mol. The molecule has 0 spiro atoms. The maximum Gasteiger partial charge on any atom is -0.0103 e. The predicted octanol–water partition coefficient (Wildman–Crippen LogP) is 17.8. The molecule has 0 saturated heterocycles. The summed E-state index contributed by atoms with van der Waals surface area (Å²) in [5.74, 6) is 0.567. The molecule has 0 amide bonds. The summed E-state index contributed by atoms with van der Waals surface area (Å²) in [6.45, 7) is 49.9. The zero-order valence-electron chi connectivity index (χ0n) is 35.7. The Morgan fingerprint density at radius 3 is 1.40 bits per heavy atom. The van der Waals surface area contributed by atoms with Crippen LogP contribution in [0.15, 0.2) is 117 Å². The van der Waals surface area contributed by atoms with E-state index in [0.29, 0.717) is 5.92 Å². The summed E-state index contributed by atoms with van der Waals surface area (Å²) in [5.41, 5.74) is 4.59. The molecule has 0 nitrogen and oxygen atoms in total. The average molecular weight is 663 g/mol. The summed E-state index contributed by atoms with van der Waals surface area (Å²) in [5, 5.41) is 2.51. The van der Waals surface area contributed by atoms with Gasteiger partial charge in [0.05, 0.1) is 0 Å². The summed E-state index contributed by atoms with van der Waals surface area (Å²) < 4.78 is 0. The molecule has 0 atom stereocenters. The van der Waals surface area contributed by atoms with E-state index in [-0.39, 0.29) is 0 Å². The first-order valence-corrected chi connectivity index (χ1v) is 19.3. The van der Waals surface area contributed by atoms with E-state index in [0.717, 1.165) is 36.0 Å². The molecule has 0 radical (unpaired) electrons. The van der Waals surface area contributed by atoms with E-state index >= 15 is 0 Å². The lowest BCUT2D eigenvalue weighted by Gasteiger charge is -2.08. The van der Waals surface area contributed by atoms with Gasteiger partial charge in [-0.1, -0.05) is 247 Å². The number of allylic oxidation sites excluding steroid dienone is 6. The van der Waals surface area contributed by atoms with Gasteiger partial charge in [-0.05, 0) is 46.2 Å². The Kier molecular flexibility index (Phi) is 70.5. The second-order valence-corrected chi connectivity index (χ2v) is 9.85. The lowest BCUT2D eigenvalue weighted by molar-refractivity contribution is 0.827. The third kappa shape index (κ3) is 40.9. The Balaban J connectivity index is -0.000000149. The van der Waals surface area contributed by atoms with E-state index in [4.69, 9.17) is 0 Å². The fourth-order valence-electron chi connectivity index (χ4n) is 3.26. The van der Waals surface area contributed by atoms with Crippen LogP contribution in [-0.2, 0) is 6.42 Å². The quantitative estimate of drug-likeness (QED) is 0.195. The van der Waals surface area contributed by atoms with Gasteiger partial charge in [-0.2, -0.15) is 0 Å². The van der Waals surface area contributed by atoms with Crippen LogP contribution in [0.25, 0.3) is 16.3 Å². The topological polar surface area (TPSA) is 0 Å². The first-order chi connectivity index (χ1) is 23.3. The highest BCUT2D eigenvalue weighted by Gasteiger charge is 2.03. The van der Waals surface area contributed by atoms with Crippen LogP contribution in [0.2, 0.25) is 0 Å². The number of benzene rings is 1. The first kappa shape index (κ1) is 60.2. The van der Waals surface area contributed by atoms with Crippen LogP contribution in [-0.4, -0.2) is 0 Å². The van der Waals surface area contributed by atoms with Crippen molar-refractivity contribution >= 4 is 16.3 Å². The monoisotopic (exact) mass is 663 g/mol. The molecule has 0 aliphatic rings. The van der Waals surface area contributed by atoms with Crippen molar-refractivity contribution in [2.24, 2.45) is 5.92 Å². The van der Waals surface area contributed by atoms with Gasteiger partial charge in [-0.15, -0.1) is 13.2 Å². The van der Waals surface area contributed by atoms with Crippen LogP contribution in [0.3, 0.4) is 0 Å². The molecule has 0 aromatic heterocycles. The highest BCUT2D eigenvalue weighted by Crippen LogP contribution is 2.26. The van der Waals surface area contributed by atoms with Crippen molar-refractivity contribution in [2.45, 2.75) is 156 Å². The summed E-state index contributed by atoms with van der Waals surface area (Å²) in [6.07, 6.45) is 15.4. The Labute approximate surface area is 305 Å². The number of hydrogen-bond donors (Lipinski definition) is 0. The van der Waals surface area contributed by atoms with Crippen molar-refractivity contribution in [3.05, 3.63) is 128 Å². The second kappa shape index (κ2) is 56.2. The van der Waals surface area contributed by atoms with Crippen molar-refractivity contribution in [1.29, 1.82) is 0 Å². The van der Waals surface area contributed by atoms with Gasteiger partial charge in [0.2, 0.25) is 0 Å². The van der Waals surface area contributed by atoms with E-state index in [1.54, 1.807) is 0 Å². The summed E-state index contributed by atoms with van der Waals surface area (Å²) >= 11 is 0. The molecule has 0 aliphatic carbocycles. The number of aryl methyl sites for hydroxylation is 1. The van der Waals surface area contributed by atoms with Gasteiger partial charge in [0.15, 0.2) is 0 Å². The van der Waals surface area contributed by atoms with Gasteiger partial charge in [0, 0.05) is 0 Å². The van der Waals surface area contributed by atoms with Gasteiger partial charge in [-0.3, -0.25) is 0 Å². The minimum atomic E-state index is 0.567. The normalized spacial score (nSPS) is 8.54. The van der Waals surface area contributed by atoms with Crippen molar-refractivity contribution in [3.63, 3.8) is 0 Å². The van der Waals surface area contributed by atoms with E-state index < -0.39 is 0 Å². The molecule has 0 aliphatic heterocycles. The van der Waals surface area contributed by atoms with Crippen LogP contribution >= 0.6 is 0 Å². The van der Waals surface area contributed by atoms with Crippen molar-refractivity contribution < 1.29 is 0 Å². The van der Waals surface area contributed by atoms with Crippen LogP contribution in [0.4, 0.5) is 0 Å². The van der Waals surface area contributed by atoms with Crippen LogP contribution in [0.1, 0.15) is 161 Å². The lowest BCUT2D eigenvalue weighted by atomic mass is 9.96. The molecule has 2 rings (SSSR count). The molecule has 0 unspecified atom stereocenters. The van der Waals surface area contributed by atoms with Crippen molar-refractivity contribution in [2.75, 3.05) is 0 Å². The number of hydrogen-bond acceptors (Lipinski definition) is 0. The standard InChI is InChI=1S/C29H34.3C3H8.4C2H6.C2H4/c1-6-14-26-17-9-7-8-10-18-27(29-20-12-11-19-28(26)29)25(5)22-21-24(4)16-13-15-23(2)3;3*1-3-2;5*1-2/h7-13,15,17-23H,4-6,14,16H2,1-3H3;3*3H2,1-2H3;4*1-2H3;1-2H2/b8-7?,9-7?,10-8?,15-13-,17-9?,18-10?,22-21-,26-17?,27-18?,28-26?,29-27?;;;;;;;;. The summed E-state index contributed by atoms with van der Waals surface area (Å²) in [4.78, 5) is 0. The second-order valence-electron chi connectivity index (χ2n) is 9.85. The maximum absolute atomic E-state index is 4.37. The van der Waals surface area contributed by atoms with E-state index in [9.17, 15) is 0 Å². The van der Waals surface area contributed by atoms with Gasteiger partial charge < -0.3 is 0 Å². The number of fused-ring (bicyclic) bond motifs is 1. The molecular formula is C48H86. The zero-order valence-corrected chi connectivity index (χ0v) is 35.7. The SMILES string of the molecule is C=C.C=C(/C=C\C(=C)c1ccccccc(CCC)c2ccccc12)C/C=C\C(C)C.CC.CC.CC.CC.CCC.CCC.CCC. The smallest absolute Gasteiger partial charge is 0.0103 e. The Hall–Kier alpha value is -3.12. The highest BCUT2D eigenvalue weighted by atomic mass is 14.1. The van der Waals surface area contributed by atoms with Crippen LogP contribution < -0.4 is 0 Å². The van der Waals surface area contributed by atoms with Crippen LogP contribution in [0, 0.1) is 5.92 Å². The Morgan fingerprint density at radius 1 is 0.583 bits per heavy atom. The molecule has 48 heavy (non-hydrogen) atoms. The molecule has 2 aromatic carbocycles. The Morgan fingerprint density at radius 2 is 0.979 bits per heavy atom. The maximum atomic E-state index is 4.37. The van der Waals surface area contributed by atoms with E-state index in [2.05, 4.69) is 174 Å². The van der Waals surface area contributed by atoms with E-state index in [1.807, 2.05) is 55.4 Å². The van der Waals surface area contributed by atoms with Gasteiger partial charge in [0.25, 0.3) is 0 Å². The molecule has 0 saturated carbocycles. The molecule has 0 N–H and O–H groups in total. The molecule has 278 valence electrons. The summed E-state index contributed by atoms with van der Waals surface area (Å²) in [7, 11) is 0. The first-order valence-electron chi connectivity index (χ1n) is 19.3. The zero-order chi connectivity index (χ0) is 39.2. The number of rotatable bonds is 8. The molecule has 2 aromatic rings. The minimum absolute atomic E-state index is 0.567. The van der Waals surface area contributed by atoms with Crippen molar-refractivity contribution in [3.8, 4) is 0 Å². The third-order valence-corrected chi connectivity index (χ3v) is 4.74. The van der Waals surface area contributed by atoms with Crippen molar-refractivity contribution in [1.82, 2.24) is 0 Å².